The van der Waals surface area contributed by atoms with Gasteiger partial charge in [-0.1, -0.05) is 0 Å². The highest BCUT2D eigenvalue weighted by atomic mass is 16.6. The first-order valence-electron chi connectivity index (χ1n) is 2.17. The van der Waals surface area contributed by atoms with Gasteiger partial charge < -0.3 is 4.84 Å². The molecule has 0 spiro atoms. The third kappa shape index (κ3) is 5.48. The first kappa shape index (κ1) is 6.48. The highest BCUT2D eigenvalue weighted by molar-refractivity contribution is 4.82. The lowest BCUT2D eigenvalue weighted by Crippen LogP contribution is -1.99. The second-order valence-electron chi connectivity index (χ2n) is 1.18. The van der Waals surface area contributed by atoms with Crippen molar-refractivity contribution in [1.82, 2.24) is 0 Å². The van der Waals surface area contributed by atoms with E-state index < -0.39 is 0 Å². The Balaban J connectivity index is 2.60. The molecule has 0 radical (unpaired) electrons. The zero-order valence-electron chi connectivity index (χ0n) is 4.18. The molecule has 0 amide bonds. The smallest absolute Gasteiger partial charge is 0.0688 e. The summed E-state index contributed by atoms with van der Waals surface area (Å²) in [7, 11) is 0. The maximum absolute atomic E-state index is 4.92. The largest absolute Gasteiger partial charge is 0.305 e. The summed E-state index contributed by atoms with van der Waals surface area (Å²) >= 11 is 0. The van der Waals surface area contributed by atoms with Gasteiger partial charge >= 0.3 is 0 Å². The van der Waals surface area contributed by atoms with Crippen LogP contribution in [0.5, 0.6) is 0 Å². The maximum atomic E-state index is 4.92. The van der Waals surface area contributed by atoms with E-state index in [0.717, 1.165) is 12.8 Å². The van der Waals surface area contributed by atoms with E-state index in [-0.39, 0.29) is 0 Å². The third-order valence-corrected chi connectivity index (χ3v) is 0.583. The van der Waals surface area contributed by atoms with Gasteiger partial charge in [0.2, 0.25) is 0 Å². The maximum Gasteiger partial charge on any atom is 0.0688 e. The van der Waals surface area contributed by atoms with Crippen molar-refractivity contribution < 1.29 is 4.84 Å². The lowest BCUT2D eigenvalue weighted by atomic mass is 10.3. The van der Waals surface area contributed by atoms with Crippen molar-refractivity contribution in [1.29, 1.82) is 0 Å². The summed E-state index contributed by atoms with van der Waals surface area (Å²) in [6, 6.07) is 0. The van der Waals surface area contributed by atoms with Crippen LogP contribution in [0.3, 0.4) is 0 Å². The standard InChI is InChI=1S/C5H9NO/c1-2-3-4-5-7-6/h1H,3-6H2. The van der Waals surface area contributed by atoms with Crippen LogP contribution in [-0.4, -0.2) is 6.61 Å². The minimum absolute atomic E-state index is 0.560. The quantitative estimate of drug-likeness (QED) is 0.313. The summed E-state index contributed by atoms with van der Waals surface area (Å²) < 4.78 is 0. The average Bonchev–Trinajstić information content (AvgIpc) is 1.69. The summed E-state index contributed by atoms with van der Waals surface area (Å²) in [5.74, 6) is 7.17. The zero-order chi connectivity index (χ0) is 5.54. The summed E-state index contributed by atoms with van der Waals surface area (Å²) in [6.45, 7) is 0.560. The Labute approximate surface area is 43.6 Å². The van der Waals surface area contributed by atoms with Crippen LogP contribution in [0, 0.1) is 12.3 Å². The lowest BCUT2D eigenvalue weighted by molar-refractivity contribution is 0.136. The Kier molecular flexibility index (Phi) is 5.07. The van der Waals surface area contributed by atoms with Gasteiger partial charge in [0, 0.05) is 6.42 Å². The predicted molar refractivity (Wildman–Crippen MR) is 28.2 cm³/mol. The number of rotatable bonds is 3. The lowest BCUT2D eigenvalue weighted by Gasteiger charge is -1.88. The SMILES string of the molecule is C#CCCCON. The van der Waals surface area contributed by atoms with Crippen LogP contribution < -0.4 is 5.90 Å². The molecule has 40 valence electrons. The molecule has 0 saturated heterocycles. The fourth-order valence-electron chi connectivity index (χ4n) is 0.258. The van der Waals surface area contributed by atoms with Crippen LogP contribution in [0.2, 0.25) is 0 Å². The first-order chi connectivity index (χ1) is 3.41. The minimum Gasteiger partial charge on any atom is -0.305 e. The van der Waals surface area contributed by atoms with Crippen LogP contribution in [0.4, 0.5) is 0 Å². The van der Waals surface area contributed by atoms with Gasteiger partial charge in [0.1, 0.15) is 0 Å². The van der Waals surface area contributed by atoms with Crippen molar-refractivity contribution in [2.24, 2.45) is 5.90 Å². The molecule has 0 bridgehead atoms. The molecule has 0 heterocycles. The van der Waals surface area contributed by atoms with E-state index in [9.17, 15) is 0 Å². The van der Waals surface area contributed by atoms with Gasteiger partial charge in [-0.15, -0.1) is 12.3 Å². The molecule has 0 aromatic rings. The monoisotopic (exact) mass is 99.1 g/mol. The van der Waals surface area contributed by atoms with E-state index in [0.29, 0.717) is 6.61 Å². The molecule has 2 nitrogen and oxygen atoms in total. The zero-order valence-corrected chi connectivity index (χ0v) is 4.18. The molecule has 0 aromatic carbocycles. The molecule has 0 aliphatic heterocycles. The van der Waals surface area contributed by atoms with Gasteiger partial charge in [0.25, 0.3) is 0 Å². The second kappa shape index (κ2) is 5.48. The van der Waals surface area contributed by atoms with E-state index >= 15 is 0 Å². The first-order valence-corrected chi connectivity index (χ1v) is 2.17. The Bertz CT molecular complexity index is 65.0. The number of unbranched alkanes of at least 4 members (excludes halogenated alkanes) is 1. The number of nitrogens with two attached hydrogens (primary N) is 1. The fraction of sp³-hybridized carbons (Fsp3) is 0.600. The Hall–Kier alpha value is -0.520. The van der Waals surface area contributed by atoms with E-state index in [1.165, 1.54) is 0 Å². The summed E-state index contributed by atoms with van der Waals surface area (Å²) in [5, 5.41) is 0. The van der Waals surface area contributed by atoms with Crippen LogP contribution in [-0.2, 0) is 4.84 Å². The van der Waals surface area contributed by atoms with Crippen molar-refractivity contribution >= 4 is 0 Å². The molecule has 2 heteroatoms. The number of terminal acetylenes is 1. The molecule has 0 aromatic heterocycles. The van der Waals surface area contributed by atoms with Crippen LogP contribution in [0.15, 0.2) is 0 Å². The Morgan fingerprint density at radius 2 is 2.43 bits per heavy atom. The highest BCUT2D eigenvalue weighted by Gasteiger charge is 1.77. The normalized spacial score (nSPS) is 8.00. The average molecular weight is 99.1 g/mol. The second-order valence-corrected chi connectivity index (χ2v) is 1.18. The van der Waals surface area contributed by atoms with E-state index in [1.54, 1.807) is 0 Å². The predicted octanol–water partition coefficient (Wildman–Crippen LogP) is 0.290. The van der Waals surface area contributed by atoms with Gasteiger partial charge in [0.05, 0.1) is 6.61 Å². The third-order valence-electron chi connectivity index (χ3n) is 0.583. The van der Waals surface area contributed by atoms with Crippen LogP contribution in [0.25, 0.3) is 0 Å². The molecule has 0 aliphatic rings. The van der Waals surface area contributed by atoms with Crippen molar-refractivity contribution in [3.05, 3.63) is 0 Å². The van der Waals surface area contributed by atoms with Gasteiger partial charge in [-0.05, 0) is 6.42 Å². The van der Waals surface area contributed by atoms with Crippen molar-refractivity contribution in [3.63, 3.8) is 0 Å². The molecule has 0 atom stereocenters. The van der Waals surface area contributed by atoms with Gasteiger partial charge in [-0.3, -0.25) is 0 Å². The van der Waals surface area contributed by atoms with Crippen molar-refractivity contribution in [3.8, 4) is 12.3 Å². The summed E-state index contributed by atoms with van der Waals surface area (Å²) in [5.41, 5.74) is 0. The molecular formula is C5H9NO. The van der Waals surface area contributed by atoms with E-state index in [2.05, 4.69) is 10.8 Å². The Morgan fingerprint density at radius 1 is 1.71 bits per heavy atom. The molecular weight excluding hydrogens is 90.1 g/mol. The topological polar surface area (TPSA) is 35.2 Å². The molecule has 0 fully saturated rings. The fourth-order valence-corrected chi connectivity index (χ4v) is 0.258. The minimum atomic E-state index is 0.560. The molecule has 7 heavy (non-hydrogen) atoms. The van der Waals surface area contributed by atoms with Crippen LogP contribution in [0.1, 0.15) is 12.8 Å². The van der Waals surface area contributed by atoms with E-state index in [1.807, 2.05) is 0 Å². The van der Waals surface area contributed by atoms with Gasteiger partial charge in [0.15, 0.2) is 0 Å². The van der Waals surface area contributed by atoms with Crippen LogP contribution >= 0.6 is 0 Å². The molecule has 2 N–H and O–H groups in total. The summed E-state index contributed by atoms with van der Waals surface area (Å²) in [6.07, 6.45) is 6.52. The summed E-state index contributed by atoms with van der Waals surface area (Å²) in [4.78, 5) is 4.25. The Morgan fingerprint density at radius 3 is 2.86 bits per heavy atom. The number of hydrogen-bond donors (Lipinski definition) is 1. The van der Waals surface area contributed by atoms with Crippen molar-refractivity contribution in [2.75, 3.05) is 6.61 Å². The molecule has 0 saturated carbocycles. The highest BCUT2D eigenvalue weighted by Crippen LogP contribution is 1.82. The molecule has 0 unspecified atom stereocenters. The van der Waals surface area contributed by atoms with Gasteiger partial charge in [-0.25, -0.2) is 5.90 Å². The molecule has 0 aliphatic carbocycles. The number of hydrogen-bond acceptors (Lipinski definition) is 2. The van der Waals surface area contributed by atoms with Gasteiger partial charge in [-0.2, -0.15) is 0 Å². The van der Waals surface area contributed by atoms with Crippen molar-refractivity contribution in [2.45, 2.75) is 12.8 Å². The van der Waals surface area contributed by atoms with E-state index in [4.69, 9.17) is 12.3 Å². The molecule has 0 rings (SSSR count).